The lowest BCUT2D eigenvalue weighted by Crippen LogP contribution is -2.41. The van der Waals surface area contributed by atoms with Gasteiger partial charge >= 0.3 is 0 Å². The molecule has 0 amide bonds. The van der Waals surface area contributed by atoms with Crippen molar-refractivity contribution in [3.05, 3.63) is 35.4 Å². The van der Waals surface area contributed by atoms with Crippen molar-refractivity contribution < 1.29 is 5.11 Å². The maximum Gasteiger partial charge on any atom is 0.0715 e. The van der Waals surface area contributed by atoms with E-state index in [0.717, 1.165) is 6.54 Å². The number of nitrogens with one attached hydrogen (secondary N) is 1. The van der Waals surface area contributed by atoms with Gasteiger partial charge in [0.05, 0.1) is 5.60 Å². The normalized spacial score (nSPS) is 12.8. The molecule has 2 N–H and O–H groups in total. The third kappa shape index (κ3) is 4.49. The van der Waals surface area contributed by atoms with Crippen molar-refractivity contribution in [3.63, 3.8) is 0 Å². The fraction of sp³-hybridized carbons (Fsp3) is 0.600. The smallest absolute Gasteiger partial charge is 0.0715 e. The van der Waals surface area contributed by atoms with E-state index in [1.165, 1.54) is 11.1 Å². The molecule has 0 spiro atoms. The summed E-state index contributed by atoms with van der Waals surface area (Å²) in [6.45, 7) is 11.7. The molecule has 1 aromatic carbocycles. The lowest BCUT2D eigenvalue weighted by atomic mass is 9.82. The molecule has 0 radical (unpaired) electrons. The molecule has 0 aliphatic rings. The number of rotatable bonds is 5. The van der Waals surface area contributed by atoms with E-state index in [1.54, 1.807) is 0 Å². The monoisotopic (exact) mass is 235 g/mol. The van der Waals surface area contributed by atoms with E-state index < -0.39 is 5.60 Å². The summed E-state index contributed by atoms with van der Waals surface area (Å²) in [5, 5.41) is 13.0. The second-order valence-corrected chi connectivity index (χ2v) is 6.11. The minimum atomic E-state index is -0.651. The highest BCUT2D eigenvalue weighted by atomic mass is 16.3. The minimum Gasteiger partial charge on any atom is -0.389 e. The van der Waals surface area contributed by atoms with Crippen molar-refractivity contribution >= 4 is 0 Å². The molecular weight excluding hydrogens is 210 g/mol. The number of aryl methyl sites for hydroxylation is 1. The molecular formula is C15H25NO. The molecule has 0 saturated heterocycles. The summed E-state index contributed by atoms with van der Waals surface area (Å²) >= 11 is 0. The van der Waals surface area contributed by atoms with Crippen LogP contribution in [0.5, 0.6) is 0 Å². The van der Waals surface area contributed by atoms with Crippen LogP contribution >= 0.6 is 0 Å². The van der Waals surface area contributed by atoms with Gasteiger partial charge in [-0.15, -0.1) is 0 Å². The largest absolute Gasteiger partial charge is 0.389 e. The molecule has 0 saturated carbocycles. The molecule has 17 heavy (non-hydrogen) atoms. The number of benzene rings is 1. The number of hydrogen-bond acceptors (Lipinski definition) is 2. The van der Waals surface area contributed by atoms with Crippen molar-refractivity contribution in [2.45, 2.75) is 45.6 Å². The molecule has 1 rings (SSSR count). The predicted molar refractivity (Wildman–Crippen MR) is 73.4 cm³/mol. The van der Waals surface area contributed by atoms with Crippen molar-refractivity contribution in [1.82, 2.24) is 5.32 Å². The van der Waals surface area contributed by atoms with Crippen LogP contribution in [-0.2, 0) is 5.41 Å². The van der Waals surface area contributed by atoms with Crippen LogP contribution < -0.4 is 5.32 Å². The van der Waals surface area contributed by atoms with Crippen LogP contribution in [0.25, 0.3) is 0 Å². The number of aliphatic hydroxyl groups is 1. The van der Waals surface area contributed by atoms with E-state index in [2.05, 4.69) is 50.4 Å². The van der Waals surface area contributed by atoms with Gasteiger partial charge in [0, 0.05) is 18.5 Å². The Morgan fingerprint density at radius 1 is 1.06 bits per heavy atom. The van der Waals surface area contributed by atoms with Gasteiger partial charge in [0.1, 0.15) is 0 Å². The third-order valence-electron chi connectivity index (χ3n) is 3.00. The second kappa shape index (κ2) is 5.19. The molecule has 0 atom stereocenters. The summed E-state index contributed by atoms with van der Waals surface area (Å²) in [7, 11) is 0. The van der Waals surface area contributed by atoms with Crippen LogP contribution in [0.15, 0.2) is 24.3 Å². The summed E-state index contributed by atoms with van der Waals surface area (Å²) in [6.07, 6.45) is 0. The SMILES string of the molecule is Cc1ccccc1C(C)(C)CNCC(C)(C)O. The van der Waals surface area contributed by atoms with Crippen LogP contribution in [0, 0.1) is 6.92 Å². The van der Waals surface area contributed by atoms with Gasteiger partial charge in [0.15, 0.2) is 0 Å². The van der Waals surface area contributed by atoms with Crippen LogP contribution in [0.1, 0.15) is 38.8 Å². The molecule has 0 aromatic heterocycles. The van der Waals surface area contributed by atoms with Crippen LogP contribution in [-0.4, -0.2) is 23.8 Å². The zero-order valence-electron chi connectivity index (χ0n) is 11.7. The molecule has 0 aliphatic carbocycles. The summed E-state index contributed by atoms with van der Waals surface area (Å²) in [5.74, 6) is 0. The zero-order chi connectivity index (χ0) is 13.1. The summed E-state index contributed by atoms with van der Waals surface area (Å²) in [4.78, 5) is 0. The Bertz CT molecular complexity index is 363. The topological polar surface area (TPSA) is 32.3 Å². The molecule has 0 aliphatic heterocycles. The summed E-state index contributed by atoms with van der Waals surface area (Å²) in [5.41, 5.74) is 2.11. The Hall–Kier alpha value is -0.860. The Labute approximate surface area is 105 Å². The first-order valence-corrected chi connectivity index (χ1v) is 6.22. The maximum absolute atomic E-state index is 9.68. The van der Waals surface area contributed by atoms with Gasteiger partial charge in [-0.25, -0.2) is 0 Å². The van der Waals surface area contributed by atoms with Gasteiger partial charge in [-0.1, -0.05) is 38.1 Å². The Kier molecular flexibility index (Phi) is 4.34. The highest BCUT2D eigenvalue weighted by Crippen LogP contribution is 2.25. The van der Waals surface area contributed by atoms with Crippen LogP contribution in [0.4, 0.5) is 0 Å². The zero-order valence-corrected chi connectivity index (χ0v) is 11.7. The first-order valence-electron chi connectivity index (χ1n) is 6.22. The molecule has 0 bridgehead atoms. The summed E-state index contributed by atoms with van der Waals surface area (Å²) < 4.78 is 0. The first kappa shape index (κ1) is 14.2. The number of hydrogen-bond donors (Lipinski definition) is 2. The van der Waals surface area contributed by atoms with Crippen molar-refractivity contribution in [1.29, 1.82) is 0 Å². The van der Waals surface area contributed by atoms with Crippen molar-refractivity contribution in [2.75, 3.05) is 13.1 Å². The second-order valence-electron chi connectivity index (χ2n) is 6.11. The molecule has 2 heteroatoms. The maximum atomic E-state index is 9.68. The summed E-state index contributed by atoms with van der Waals surface area (Å²) in [6, 6.07) is 8.48. The van der Waals surface area contributed by atoms with Crippen molar-refractivity contribution in [3.8, 4) is 0 Å². The minimum absolute atomic E-state index is 0.0800. The van der Waals surface area contributed by atoms with E-state index >= 15 is 0 Å². The van der Waals surface area contributed by atoms with E-state index in [0.29, 0.717) is 6.54 Å². The molecule has 96 valence electrons. The Morgan fingerprint density at radius 3 is 2.18 bits per heavy atom. The highest BCUT2D eigenvalue weighted by Gasteiger charge is 2.23. The lowest BCUT2D eigenvalue weighted by Gasteiger charge is -2.29. The van der Waals surface area contributed by atoms with Crippen LogP contribution in [0.3, 0.4) is 0 Å². The fourth-order valence-electron chi connectivity index (χ4n) is 2.11. The van der Waals surface area contributed by atoms with Crippen LogP contribution in [0.2, 0.25) is 0 Å². The van der Waals surface area contributed by atoms with Gasteiger partial charge in [0.25, 0.3) is 0 Å². The van der Waals surface area contributed by atoms with E-state index in [4.69, 9.17) is 0 Å². The molecule has 0 unspecified atom stereocenters. The molecule has 0 heterocycles. The first-order chi connectivity index (χ1) is 7.72. The van der Waals surface area contributed by atoms with E-state index in [9.17, 15) is 5.11 Å². The van der Waals surface area contributed by atoms with Gasteiger partial charge in [0.2, 0.25) is 0 Å². The van der Waals surface area contributed by atoms with Gasteiger partial charge in [-0.05, 0) is 31.9 Å². The third-order valence-corrected chi connectivity index (χ3v) is 3.00. The average molecular weight is 235 g/mol. The van der Waals surface area contributed by atoms with Crippen molar-refractivity contribution in [2.24, 2.45) is 0 Å². The van der Waals surface area contributed by atoms with Gasteiger partial charge in [-0.2, -0.15) is 0 Å². The van der Waals surface area contributed by atoms with Gasteiger partial charge < -0.3 is 10.4 Å². The fourth-order valence-corrected chi connectivity index (χ4v) is 2.11. The lowest BCUT2D eigenvalue weighted by molar-refractivity contribution is 0.0785. The van der Waals surface area contributed by atoms with Gasteiger partial charge in [-0.3, -0.25) is 0 Å². The molecule has 2 nitrogen and oxygen atoms in total. The molecule has 0 fully saturated rings. The predicted octanol–water partition coefficient (Wildman–Crippen LogP) is 2.63. The van der Waals surface area contributed by atoms with E-state index in [-0.39, 0.29) is 5.41 Å². The standard InChI is InChI=1S/C15H25NO/c1-12-8-6-7-9-13(12)14(2,3)10-16-11-15(4,5)17/h6-9,16-17H,10-11H2,1-5H3. The highest BCUT2D eigenvalue weighted by molar-refractivity contribution is 5.32. The molecule has 1 aromatic rings. The average Bonchev–Trinajstić information content (AvgIpc) is 2.15. The quantitative estimate of drug-likeness (QED) is 0.822. The van der Waals surface area contributed by atoms with E-state index in [1.807, 2.05) is 13.8 Å². The Balaban J connectivity index is 2.66. The Morgan fingerprint density at radius 2 is 1.65 bits per heavy atom.